The zero-order valence-electron chi connectivity index (χ0n) is 10.1. The van der Waals surface area contributed by atoms with Crippen LogP contribution < -0.4 is 4.90 Å². The molecule has 0 saturated heterocycles. The Labute approximate surface area is 103 Å². The molecule has 0 unspecified atom stereocenters. The summed E-state index contributed by atoms with van der Waals surface area (Å²) in [5.74, 6) is 0.0168. The molecule has 1 aromatic rings. The summed E-state index contributed by atoms with van der Waals surface area (Å²) in [6.07, 6.45) is 7.36. The van der Waals surface area contributed by atoms with Crippen LogP contribution in [0.3, 0.4) is 0 Å². The van der Waals surface area contributed by atoms with Gasteiger partial charge in [0.2, 0.25) is 0 Å². The molecule has 2 nitrogen and oxygen atoms in total. The smallest absolute Gasteiger partial charge is 0.250 e. The van der Waals surface area contributed by atoms with Crippen molar-refractivity contribution < 1.29 is 4.79 Å². The SMILES string of the molecule is C=CC(=O)N(c1ccccc1)C1CCCCC1. The number of carbonyl (C=O) groups is 1. The van der Waals surface area contributed by atoms with Crippen LogP contribution in [0, 0.1) is 0 Å². The van der Waals surface area contributed by atoms with Gasteiger partial charge in [-0.25, -0.2) is 0 Å². The minimum absolute atomic E-state index is 0.0168. The molecule has 90 valence electrons. The Morgan fingerprint density at radius 3 is 2.41 bits per heavy atom. The summed E-state index contributed by atoms with van der Waals surface area (Å²) in [5.41, 5.74) is 0.990. The molecule has 0 heterocycles. The molecular weight excluding hydrogens is 210 g/mol. The zero-order valence-corrected chi connectivity index (χ0v) is 10.1. The highest BCUT2D eigenvalue weighted by Gasteiger charge is 2.24. The minimum atomic E-state index is 0.0168. The van der Waals surface area contributed by atoms with Crippen LogP contribution in [-0.2, 0) is 4.79 Å². The lowest BCUT2D eigenvalue weighted by atomic mass is 9.93. The van der Waals surface area contributed by atoms with Crippen molar-refractivity contribution >= 4 is 11.6 Å². The van der Waals surface area contributed by atoms with Crippen LogP contribution in [0.25, 0.3) is 0 Å². The number of benzene rings is 1. The summed E-state index contributed by atoms with van der Waals surface area (Å²) < 4.78 is 0. The average Bonchev–Trinajstić information content (AvgIpc) is 2.41. The highest BCUT2D eigenvalue weighted by atomic mass is 16.2. The van der Waals surface area contributed by atoms with E-state index in [-0.39, 0.29) is 5.91 Å². The first kappa shape index (κ1) is 11.9. The van der Waals surface area contributed by atoms with E-state index in [0.717, 1.165) is 18.5 Å². The number of carbonyl (C=O) groups excluding carboxylic acids is 1. The summed E-state index contributed by atoms with van der Waals surface area (Å²) in [6, 6.07) is 10.3. The van der Waals surface area contributed by atoms with Gasteiger partial charge in [0, 0.05) is 11.7 Å². The Kier molecular flexibility index (Phi) is 3.97. The van der Waals surface area contributed by atoms with Gasteiger partial charge in [-0.2, -0.15) is 0 Å². The second-order valence-electron chi connectivity index (χ2n) is 4.54. The summed E-state index contributed by atoms with van der Waals surface area (Å²) in [6.45, 7) is 3.61. The van der Waals surface area contributed by atoms with Crippen molar-refractivity contribution in [2.24, 2.45) is 0 Å². The number of hydrogen-bond donors (Lipinski definition) is 0. The van der Waals surface area contributed by atoms with Crippen molar-refractivity contribution in [3.05, 3.63) is 43.0 Å². The molecule has 0 radical (unpaired) electrons. The van der Waals surface area contributed by atoms with E-state index in [1.54, 1.807) is 0 Å². The van der Waals surface area contributed by atoms with E-state index in [2.05, 4.69) is 6.58 Å². The lowest BCUT2D eigenvalue weighted by Crippen LogP contribution is -2.40. The van der Waals surface area contributed by atoms with Gasteiger partial charge in [0.05, 0.1) is 0 Å². The lowest BCUT2D eigenvalue weighted by molar-refractivity contribution is -0.114. The van der Waals surface area contributed by atoms with Gasteiger partial charge in [0.1, 0.15) is 0 Å². The predicted octanol–water partition coefficient (Wildman–Crippen LogP) is 3.54. The summed E-state index contributed by atoms with van der Waals surface area (Å²) in [7, 11) is 0. The molecule has 0 aliphatic heterocycles. The van der Waals surface area contributed by atoms with Crippen molar-refractivity contribution in [1.82, 2.24) is 0 Å². The van der Waals surface area contributed by atoms with Gasteiger partial charge < -0.3 is 4.90 Å². The van der Waals surface area contributed by atoms with Crippen molar-refractivity contribution in [2.75, 3.05) is 4.90 Å². The molecule has 0 atom stereocenters. The Bertz CT molecular complexity index is 379. The topological polar surface area (TPSA) is 20.3 Å². The van der Waals surface area contributed by atoms with Gasteiger partial charge in [-0.05, 0) is 31.1 Å². The Balaban J connectivity index is 2.24. The molecule has 0 spiro atoms. The van der Waals surface area contributed by atoms with Crippen LogP contribution in [0.1, 0.15) is 32.1 Å². The van der Waals surface area contributed by atoms with Gasteiger partial charge >= 0.3 is 0 Å². The van der Waals surface area contributed by atoms with Crippen molar-refractivity contribution in [3.63, 3.8) is 0 Å². The van der Waals surface area contributed by atoms with Gasteiger partial charge in [0.25, 0.3) is 5.91 Å². The van der Waals surface area contributed by atoms with E-state index in [4.69, 9.17) is 0 Å². The highest BCUT2D eigenvalue weighted by Crippen LogP contribution is 2.27. The van der Waals surface area contributed by atoms with Crippen LogP contribution in [0.15, 0.2) is 43.0 Å². The first-order valence-corrected chi connectivity index (χ1v) is 6.33. The molecule has 1 aliphatic carbocycles. The number of nitrogens with zero attached hydrogens (tertiary/aromatic N) is 1. The largest absolute Gasteiger partial charge is 0.306 e. The molecule has 1 amide bonds. The van der Waals surface area contributed by atoms with Crippen molar-refractivity contribution in [2.45, 2.75) is 38.1 Å². The third-order valence-electron chi connectivity index (χ3n) is 3.39. The third kappa shape index (κ3) is 2.76. The lowest BCUT2D eigenvalue weighted by Gasteiger charge is -2.33. The molecular formula is C15H19NO. The van der Waals surface area contributed by atoms with E-state index in [1.807, 2.05) is 35.2 Å². The predicted molar refractivity (Wildman–Crippen MR) is 71.0 cm³/mol. The second kappa shape index (κ2) is 5.67. The van der Waals surface area contributed by atoms with E-state index in [1.165, 1.54) is 25.3 Å². The second-order valence-corrected chi connectivity index (χ2v) is 4.54. The van der Waals surface area contributed by atoms with Crippen molar-refractivity contribution in [3.8, 4) is 0 Å². The highest BCUT2D eigenvalue weighted by molar-refractivity contribution is 6.01. The molecule has 1 aromatic carbocycles. The Morgan fingerprint density at radius 1 is 1.18 bits per heavy atom. The molecule has 1 saturated carbocycles. The average molecular weight is 229 g/mol. The molecule has 1 fully saturated rings. The molecule has 1 aliphatic rings. The summed E-state index contributed by atoms with van der Waals surface area (Å²) >= 11 is 0. The number of para-hydroxylation sites is 1. The number of hydrogen-bond acceptors (Lipinski definition) is 1. The fraction of sp³-hybridized carbons (Fsp3) is 0.400. The maximum absolute atomic E-state index is 12.0. The van der Waals surface area contributed by atoms with E-state index in [9.17, 15) is 4.79 Å². The number of anilines is 1. The maximum Gasteiger partial charge on any atom is 0.250 e. The van der Waals surface area contributed by atoms with E-state index < -0.39 is 0 Å². The standard InChI is InChI=1S/C15H19NO/c1-2-15(17)16(13-9-5-3-6-10-13)14-11-7-4-8-12-14/h2-3,5-6,9-10,14H,1,4,7-8,11-12H2. The van der Waals surface area contributed by atoms with Gasteiger partial charge in [-0.1, -0.05) is 44.0 Å². The van der Waals surface area contributed by atoms with Crippen LogP contribution in [0.5, 0.6) is 0 Å². The molecule has 2 heteroatoms. The van der Waals surface area contributed by atoms with Crippen LogP contribution >= 0.6 is 0 Å². The van der Waals surface area contributed by atoms with E-state index in [0.29, 0.717) is 6.04 Å². The normalized spacial score (nSPS) is 16.5. The first-order chi connectivity index (χ1) is 8.33. The Hall–Kier alpha value is -1.57. The quantitative estimate of drug-likeness (QED) is 0.726. The van der Waals surface area contributed by atoms with E-state index >= 15 is 0 Å². The molecule has 0 aromatic heterocycles. The minimum Gasteiger partial charge on any atom is -0.306 e. The zero-order chi connectivity index (χ0) is 12.1. The summed E-state index contributed by atoms with van der Waals surface area (Å²) in [5, 5.41) is 0. The fourth-order valence-electron chi connectivity index (χ4n) is 2.54. The third-order valence-corrected chi connectivity index (χ3v) is 3.39. The van der Waals surface area contributed by atoms with Crippen molar-refractivity contribution in [1.29, 1.82) is 0 Å². The summed E-state index contributed by atoms with van der Waals surface area (Å²) in [4.78, 5) is 13.9. The first-order valence-electron chi connectivity index (χ1n) is 6.33. The van der Waals surface area contributed by atoms with Crippen LogP contribution in [0.4, 0.5) is 5.69 Å². The maximum atomic E-state index is 12.0. The van der Waals surface area contributed by atoms with Crippen LogP contribution in [0.2, 0.25) is 0 Å². The van der Waals surface area contributed by atoms with Gasteiger partial charge in [-0.3, -0.25) is 4.79 Å². The molecule has 0 bridgehead atoms. The molecule has 17 heavy (non-hydrogen) atoms. The van der Waals surface area contributed by atoms with Gasteiger partial charge in [-0.15, -0.1) is 0 Å². The van der Waals surface area contributed by atoms with Crippen LogP contribution in [-0.4, -0.2) is 11.9 Å². The molecule has 2 rings (SSSR count). The van der Waals surface area contributed by atoms with Gasteiger partial charge in [0.15, 0.2) is 0 Å². The monoisotopic (exact) mass is 229 g/mol. The number of rotatable bonds is 3. The fourth-order valence-corrected chi connectivity index (χ4v) is 2.54. The molecule has 0 N–H and O–H groups in total. The number of amides is 1. The Morgan fingerprint density at radius 2 is 1.82 bits per heavy atom.